The number of ether oxygens (including phenoxy) is 1. The Morgan fingerprint density at radius 2 is 1.86 bits per heavy atom. The molecule has 5 rings (SSSR count). The van der Waals surface area contributed by atoms with Crippen LogP contribution in [0.5, 0.6) is 11.6 Å². The maximum atomic E-state index is 13.0. The second-order valence-electron chi connectivity index (χ2n) is 8.34. The Balaban J connectivity index is 1.35. The monoisotopic (exact) mass is 548 g/mol. The minimum Gasteiger partial charge on any atom is -0.439 e. The van der Waals surface area contributed by atoms with Gasteiger partial charge in [0.25, 0.3) is 5.91 Å². The number of pyridine rings is 1. The van der Waals surface area contributed by atoms with Crippen LogP contribution >= 0.6 is 45.1 Å². The Morgan fingerprint density at radius 1 is 1.06 bits per heavy atom. The summed E-state index contributed by atoms with van der Waals surface area (Å²) in [6.45, 7) is 0. The van der Waals surface area contributed by atoms with Crippen molar-refractivity contribution in [1.29, 1.82) is 0 Å². The third-order valence-corrected chi connectivity index (χ3v) is 9.69. The number of rotatable bonds is 5. The van der Waals surface area contributed by atoms with Crippen LogP contribution in [-0.4, -0.2) is 25.7 Å². The van der Waals surface area contributed by atoms with Crippen molar-refractivity contribution in [3.63, 3.8) is 0 Å². The fraction of sp³-hybridized carbons (Fsp3) is 0.200. The van der Waals surface area contributed by atoms with Crippen LogP contribution in [-0.2, 0) is 0 Å². The molecule has 1 unspecified atom stereocenters. The Kier molecular flexibility index (Phi) is 6.94. The zero-order valence-corrected chi connectivity index (χ0v) is 21.6. The molecule has 1 aliphatic rings. The molecule has 2 aromatic carbocycles. The number of carbonyl (C=O) groups excluding carboxylic acids is 1. The third-order valence-electron chi connectivity index (χ3n) is 5.82. The summed E-state index contributed by atoms with van der Waals surface area (Å²) in [5, 5.41) is 4.27. The van der Waals surface area contributed by atoms with E-state index in [1.807, 2.05) is 24.3 Å². The van der Waals surface area contributed by atoms with Gasteiger partial charge in [-0.15, -0.1) is 11.3 Å². The average molecular weight is 550 g/mol. The number of hydrogen-bond donors (Lipinski definition) is 3. The molecule has 1 saturated heterocycles. The number of anilines is 1. The number of aromatic nitrogens is 1. The van der Waals surface area contributed by atoms with Crippen LogP contribution in [0, 0.1) is 0 Å². The molecular formula is C25H22Cl2N2O4S2. The molecule has 1 amide bonds. The van der Waals surface area contributed by atoms with Gasteiger partial charge in [-0.25, -0.2) is 4.98 Å². The minimum atomic E-state index is -2.64. The van der Waals surface area contributed by atoms with E-state index in [-0.39, 0.29) is 22.2 Å². The van der Waals surface area contributed by atoms with Gasteiger partial charge in [0.2, 0.25) is 5.88 Å². The Morgan fingerprint density at radius 3 is 2.63 bits per heavy atom. The Hall–Kier alpha value is -2.33. The standard InChI is InChI=1S/C25H22Cl2N2O4S2/c26-17-5-7-19(8-6-17)33-24-14-18(13-23(27)29-24)28-25(30)21-12-16-11-15(4-9-20(16)34-21)22-3-1-2-10-35(22,31)32/h4-9,11-14,22,31-32H,1-3,10H2,(H,28,29,30). The number of nitrogens with one attached hydrogen (secondary N) is 1. The van der Waals surface area contributed by atoms with E-state index in [1.54, 1.807) is 36.4 Å². The summed E-state index contributed by atoms with van der Waals surface area (Å²) in [5.41, 5.74) is 1.36. The molecule has 3 heterocycles. The minimum absolute atomic E-state index is 0.180. The first-order chi connectivity index (χ1) is 16.8. The maximum absolute atomic E-state index is 13.0. The molecule has 182 valence electrons. The molecule has 0 spiro atoms. The van der Waals surface area contributed by atoms with Crippen LogP contribution in [0.25, 0.3) is 10.1 Å². The quantitative estimate of drug-likeness (QED) is 0.217. The summed E-state index contributed by atoms with van der Waals surface area (Å²) in [6.07, 6.45) is 2.58. The number of halogens is 2. The highest BCUT2D eigenvalue weighted by atomic mass is 35.5. The van der Waals surface area contributed by atoms with Crippen molar-refractivity contribution in [2.24, 2.45) is 0 Å². The van der Waals surface area contributed by atoms with E-state index >= 15 is 0 Å². The lowest BCUT2D eigenvalue weighted by Gasteiger charge is -2.44. The van der Waals surface area contributed by atoms with Crippen molar-refractivity contribution in [1.82, 2.24) is 4.98 Å². The molecule has 1 aliphatic heterocycles. The SMILES string of the molecule is O=C(Nc1cc(Cl)nc(Oc2ccc(Cl)cc2)c1)c1cc2cc(C3CCCCS3(O)O)ccc2s1. The molecule has 0 bridgehead atoms. The maximum Gasteiger partial charge on any atom is 0.265 e. The van der Waals surface area contributed by atoms with Gasteiger partial charge in [0.05, 0.1) is 10.1 Å². The topological polar surface area (TPSA) is 91.7 Å². The zero-order valence-electron chi connectivity index (χ0n) is 18.4. The van der Waals surface area contributed by atoms with E-state index in [0.29, 0.717) is 27.1 Å². The fourth-order valence-corrected chi connectivity index (χ4v) is 7.45. The van der Waals surface area contributed by atoms with Crippen LogP contribution in [0.2, 0.25) is 10.2 Å². The summed E-state index contributed by atoms with van der Waals surface area (Å²) in [7, 11) is -2.64. The molecule has 0 radical (unpaired) electrons. The molecule has 35 heavy (non-hydrogen) atoms. The summed E-state index contributed by atoms with van der Waals surface area (Å²) in [6, 6.07) is 17.6. The summed E-state index contributed by atoms with van der Waals surface area (Å²) >= 11 is 13.4. The lowest BCUT2D eigenvalue weighted by molar-refractivity contribution is 0.103. The third kappa shape index (κ3) is 5.58. The van der Waals surface area contributed by atoms with Crippen molar-refractivity contribution in [3.8, 4) is 11.6 Å². The van der Waals surface area contributed by atoms with E-state index in [9.17, 15) is 13.9 Å². The molecule has 4 aromatic rings. The van der Waals surface area contributed by atoms with Gasteiger partial charge >= 0.3 is 0 Å². The van der Waals surface area contributed by atoms with Crippen LogP contribution in [0.15, 0.2) is 60.7 Å². The number of amides is 1. The summed E-state index contributed by atoms with van der Waals surface area (Å²) in [5.74, 6) is 0.943. The number of nitrogens with zero attached hydrogens (tertiary/aromatic N) is 1. The normalized spacial score (nSPS) is 18.2. The molecular weight excluding hydrogens is 527 g/mol. The highest BCUT2D eigenvalue weighted by molar-refractivity contribution is 8.24. The van der Waals surface area contributed by atoms with Gasteiger partial charge in [0, 0.05) is 27.2 Å². The fourth-order valence-electron chi connectivity index (χ4n) is 4.15. The van der Waals surface area contributed by atoms with Gasteiger partial charge in [-0.05, 0) is 78.7 Å². The molecule has 2 aromatic heterocycles. The molecule has 1 fully saturated rings. The molecule has 3 N–H and O–H groups in total. The number of hydrogen-bond acceptors (Lipinski definition) is 6. The van der Waals surface area contributed by atoms with Gasteiger partial charge in [-0.2, -0.15) is 10.6 Å². The van der Waals surface area contributed by atoms with Crippen molar-refractivity contribution >= 4 is 66.8 Å². The first-order valence-electron chi connectivity index (χ1n) is 11.0. The van der Waals surface area contributed by atoms with Crippen LogP contribution < -0.4 is 10.1 Å². The second-order valence-corrected chi connectivity index (χ2v) is 12.7. The molecule has 10 heteroatoms. The smallest absolute Gasteiger partial charge is 0.265 e. The first kappa shape index (κ1) is 24.4. The van der Waals surface area contributed by atoms with Crippen LogP contribution in [0.3, 0.4) is 0 Å². The largest absolute Gasteiger partial charge is 0.439 e. The van der Waals surface area contributed by atoms with Crippen molar-refractivity contribution in [3.05, 3.63) is 81.3 Å². The lowest BCUT2D eigenvalue weighted by atomic mass is 10.0. The molecule has 0 aliphatic carbocycles. The van der Waals surface area contributed by atoms with Crippen molar-refractivity contribution in [2.45, 2.75) is 24.5 Å². The zero-order chi connectivity index (χ0) is 24.6. The van der Waals surface area contributed by atoms with E-state index < -0.39 is 10.6 Å². The summed E-state index contributed by atoms with van der Waals surface area (Å²) in [4.78, 5) is 17.7. The number of carbonyl (C=O) groups is 1. The lowest BCUT2D eigenvalue weighted by Crippen LogP contribution is -2.18. The van der Waals surface area contributed by atoms with Crippen molar-refractivity contribution in [2.75, 3.05) is 11.1 Å². The Labute approximate surface area is 218 Å². The average Bonchev–Trinajstić information content (AvgIpc) is 3.24. The van der Waals surface area contributed by atoms with Gasteiger partial charge in [-0.1, -0.05) is 29.3 Å². The second kappa shape index (κ2) is 9.97. The highest BCUT2D eigenvalue weighted by Crippen LogP contribution is 2.59. The number of thiophene rings is 1. The predicted octanol–water partition coefficient (Wildman–Crippen LogP) is 8.62. The predicted molar refractivity (Wildman–Crippen MR) is 145 cm³/mol. The van der Waals surface area contributed by atoms with Gasteiger partial charge in [-0.3, -0.25) is 13.9 Å². The van der Waals surface area contributed by atoms with Crippen LogP contribution in [0.1, 0.15) is 39.7 Å². The van der Waals surface area contributed by atoms with Gasteiger partial charge < -0.3 is 10.1 Å². The number of benzene rings is 2. The number of fused-ring (bicyclic) bond motifs is 1. The van der Waals surface area contributed by atoms with E-state index in [0.717, 1.165) is 34.9 Å². The van der Waals surface area contributed by atoms with E-state index in [1.165, 1.54) is 11.3 Å². The highest BCUT2D eigenvalue weighted by Gasteiger charge is 2.30. The molecule has 6 nitrogen and oxygen atoms in total. The van der Waals surface area contributed by atoms with Gasteiger partial charge in [0.1, 0.15) is 10.9 Å². The Bertz CT molecular complexity index is 1390. The van der Waals surface area contributed by atoms with E-state index in [2.05, 4.69) is 10.3 Å². The molecule has 0 saturated carbocycles. The first-order valence-corrected chi connectivity index (χ1v) is 14.3. The summed E-state index contributed by atoms with van der Waals surface area (Å²) < 4.78 is 27.7. The van der Waals surface area contributed by atoms with Crippen LogP contribution in [0.4, 0.5) is 5.69 Å². The van der Waals surface area contributed by atoms with E-state index in [4.69, 9.17) is 27.9 Å². The molecule has 1 atom stereocenters. The van der Waals surface area contributed by atoms with Gasteiger partial charge in [0.15, 0.2) is 0 Å². The van der Waals surface area contributed by atoms with Crippen molar-refractivity contribution < 1.29 is 18.6 Å².